The highest BCUT2D eigenvalue weighted by molar-refractivity contribution is 6.07. The van der Waals surface area contributed by atoms with Crippen molar-refractivity contribution >= 4 is 40.8 Å². The molecule has 8 atom stereocenters. The topological polar surface area (TPSA) is 202 Å². The van der Waals surface area contributed by atoms with E-state index >= 15 is 4.39 Å². The van der Waals surface area contributed by atoms with E-state index in [1.165, 1.54) is 30.5 Å². The monoisotopic (exact) mass is 772 g/mol. The Morgan fingerprint density at radius 1 is 0.929 bits per heavy atom. The molecule has 0 radical (unpaired) electrons. The van der Waals surface area contributed by atoms with Crippen LogP contribution in [0.1, 0.15) is 78.1 Å². The Labute approximate surface area is 323 Å². The zero-order valence-corrected chi connectivity index (χ0v) is 32.4. The van der Waals surface area contributed by atoms with Gasteiger partial charge in [0.2, 0.25) is 0 Å². The first-order valence-electron chi connectivity index (χ1n) is 18.9. The molecule has 6 N–H and O–H groups in total. The van der Waals surface area contributed by atoms with E-state index < -0.39 is 69.6 Å². The highest BCUT2D eigenvalue weighted by atomic mass is 19.1. The van der Waals surface area contributed by atoms with Crippen LogP contribution in [0.25, 0.3) is 0 Å². The minimum absolute atomic E-state index is 0.00897. The highest BCUT2D eigenvalue weighted by Crippen LogP contribution is 2.70. The first-order chi connectivity index (χ1) is 26.3. The van der Waals surface area contributed by atoms with Gasteiger partial charge in [-0.25, -0.2) is 9.37 Å². The van der Waals surface area contributed by atoms with Gasteiger partial charge in [0.1, 0.15) is 11.4 Å². The van der Waals surface area contributed by atoms with E-state index in [0.29, 0.717) is 36.2 Å². The van der Waals surface area contributed by atoms with Gasteiger partial charge < -0.3 is 45.2 Å². The average Bonchev–Trinajstić information content (AvgIpc) is 3.89. The van der Waals surface area contributed by atoms with E-state index in [0.717, 1.165) is 0 Å². The summed E-state index contributed by atoms with van der Waals surface area (Å²) in [6.45, 7) is 5.28. The molecular formula is C40H49FN8O7. The quantitative estimate of drug-likeness (QED) is 0.178. The molecule has 0 unspecified atom stereocenters. The Bertz CT molecular complexity index is 2200. The van der Waals surface area contributed by atoms with Crippen molar-refractivity contribution in [2.45, 2.75) is 63.8 Å². The summed E-state index contributed by atoms with van der Waals surface area (Å²) in [6, 6.07) is 3.03. The fourth-order valence-corrected chi connectivity index (χ4v) is 10.3. The van der Waals surface area contributed by atoms with Crippen LogP contribution in [0.4, 0.5) is 15.8 Å². The van der Waals surface area contributed by atoms with Crippen LogP contribution in [0.2, 0.25) is 0 Å². The second-order valence-corrected chi connectivity index (χ2v) is 16.4. The summed E-state index contributed by atoms with van der Waals surface area (Å²) in [7, 11) is 5.00. The number of aromatic nitrogens is 4. The number of imidazole rings is 1. The number of carbonyl (C=O) groups excluding carboxylic acids is 5. The predicted molar refractivity (Wildman–Crippen MR) is 203 cm³/mol. The molecular weight excluding hydrogens is 723 g/mol. The van der Waals surface area contributed by atoms with E-state index in [1.807, 2.05) is 0 Å². The van der Waals surface area contributed by atoms with Gasteiger partial charge in [-0.05, 0) is 68.7 Å². The summed E-state index contributed by atoms with van der Waals surface area (Å²) >= 11 is 0. The Morgan fingerprint density at radius 2 is 1.55 bits per heavy atom. The maximum absolute atomic E-state index is 17.5. The Morgan fingerprint density at radius 3 is 2.20 bits per heavy atom. The summed E-state index contributed by atoms with van der Waals surface area (Å²) in [5.74, 6) is -3.58. The summed E-state index contributed by atoms with van der Waals surface area (Å²) in [6.07, 6.45) is 10.4. The van der Waals surface area contributed by atoms with Crippen molar-refractivity contribution in [1.82, 2.24) is 29.3 Å². The van der Waals surface area contributed by atoms with Crippen LogP contribution in [-0.2, 0) is 30.7 Å². The lowest BCUT2D eigenvalue weighted by Gasteiger charge is -2.62. The number of nitrogens with zero attached hydrogens (tertiary/aromatic N) is 4. The van der Waals surface area contributed by atoms with Crippen LogP contribution in [-0.4, -0.2) is 88.8 Å². The molecule has 4 amide bonds. The number of rotatable bonds is 9. The molecule has 3 saturated carbocycles. The van der Waals surface area contributed by atoms with Gasteiger partial charge >= 0.3 is 0 Å². The third kappa shape index (κ3) is 5.83. The highest BCUT2D eigenvalue weighted by Gasteiger charge is 2.75. The van der Waals surface area contributed by atoms with E-state index in [4.69, 9.17) is 0 Å². The smallest absolute Gasteiger partial charge is 0.291 e. The molecule has 0 bridgehead atoms. The second-order valence-electron chi connectivity index (χ2n) is 16.4. The largest absolute Gasteiger partial charge is 0.390 e. The maximum atomic E-state index is 17.5. The number of nitrogens with one attached hydrogen (secondary N) is 4. The number of ketones is 1. The SMILES string of the molecule is C[C@@H]1C[C@H]2[C@@H]3CCC4=CC(=O)C=C[C@]4(C)[C@@]3(F)[C@@H](O)C[C@]2(C)[C@@]1(O)C(=O)NCCNC(=O)c1cc(NC(=O)c2cc(NC(=O)c3nccn3C)cn2C)cn1C. The van der Waals surface area contributed by atoms with Crippen molar-refractivity contribution in [2.24, 2.45) is 49.7 Å². The Kier molecular flexibility index (Phi) is 9.51. The average molecular weight is 773 g/mol. The number of fused-ring (bicyclic) bond motifs is 5. The molecule has 0 aromatic carbocycles. The van der Waals surface area contributed by atoms with Gasteiger partial charge in [-0.15, -0.1) is 0 Å². The van der Waals surface area contributed by atoms with Crippen molar-refractivity contribution in [3.63, 3.8) is 0 Å². The predicted octanol–water partition coefficient (Wildman–Crippen LogP) is 2.80. The molecule has 4 aliphatic rings. The lowest BCUT2D eigenvalue weighted by molar-refractivity contribution is -0.219. The first kappa shape index (κ1) is 38.9. The summed E-state index contributed by atoms with van der Waals surface area (Å²) in [5.41, 5.74) is -4.38. The molecule has 7 rings (SSSR count). The van der Waals surface area contributed by atoms with Crippen LogP contribution in [0.15, 0.2) is 60.7 Å². The number of halogens is 1. The normalized spacial score (nSPS) is 31.8. The number of hydrogen-bond donors (Lipinski definition) is 6. The van der Waals surface area contributed by atoms with Crippen LogP contribution < -0.4 is 21.3 Å². The van der Waals surface area contributed by atoms with Gasteiger partial charge in [-0.2, -0.15) is 0 Å². The number of carbonyl (C=O) groups is 5. The molecule has 3 aromatic heterocycles. The Balaban J connectivity index is 0.951. The molecule has 3 fully saturated rings. The number of aryl methyl sites for hydroxylation is 3. The third-order valence-corrected chi connectivity index (χ3v) is 13.3. The summed E-state index contributed by atoms with van der Waals surface area (Å²) in [5, 5.41) is 34.8. The molecule has 0 spiro atoms. The van der Waals surface area contributed by atoms with Gasteiger partial charge in [0.15, 0.2) is 22.9 Å². The zero-order valence-electron chi connectivity index (χ0n) is 32.4. The zero-order chi connectivity index (χ0) is 40.5. The van der Waals surface area contributed by atoms with E-state index in [2.05, 4.69) is 26.3 Å². The van der Waals surface area contributed by atoms with Crippen molar-refractivity contribution in [3.8, 4) is 0 Å². The van der Waals surface area contributed by atoms with Crippen molar-refractivity contribution in [2.75, 3.05) is 23.7 Å². The number of amides is 4. The second kappa shape index (κ2) is 13.7. The summed E-state index contributed by atoms with van der Waals surface area (Å²) < 4.78 is 22.1. The van der Waals surface area contributed by atoms with Gasteiger partial charge in [0.25, 0.3) is 23.6 Å². The molecule has 298 valence electrons. The van der Waals surface area contributed by atoms with Crippen LogP contribution in [0.5, 0.6) is 0 Å². The maximum Gasteiger partial charge on any atom is 0.291 e. The first-order valence-corrected chi connectivity index (χ1v) is 18.9. The lowest BCUT2D eigenvalue weighted by Crippen LogP contribution is -2.70. The fourth-order valence-electron chi connectivity index (χ4n) is 10.3. The van der Waals surface area contributed by atoms with Gasteiger partial charge in [0.05, 0.1) is 17.5 Å². The van der Waals surface area contributed by atoms with Gasteiger partial charge in [0, 0.05) is 75.8 Å². The molecule has 3 heterocycles. The number of alkyl halides is 1. The molecule has 4 aliphatic carbocycles. The molecule has 16 heteroatoms. The van der Waals surface area contributed by atoms with Crippen LogP contribution >= 0.6 is 0 Å². The van der Waals surface area contributed by atoms with Gasteiger partial charge in [-0.1, -0.05) is 25.5 Å². The van der Waals surface area contributed by atoms with Crippen molar-refractivity contribution in [1.29, 1.82) is 0 Å². The van der Waals surface area contributed by atoms with Crippen molar-refractivity contribution < 1.29 is 38.6 Å². The fraction of sp³-hybridized carbons (Fsp3) is 0.500. The van der Waals surface area contributed by atoms with Crippen molar-refractivity contribution in [3.05, 3.63) is 77.9 Å². The number of hydrogen-bond acceptors (Lipinski definition) is 8. The number of allylic oxidation sites excluding steroid dienone is 4. The minimum atomic E-state index is -2.07. The molecule has 56 heavy (non-hydrogen) atoms. The van der Waals surface area contributed by atoms with E-state index in [-0.39, 0.29) is 42.5 Å². The third-order valence-electron chi connectivity index (χ3n) is 13.3. The standard InChI is InChI=1S/C40H49FN8O7/c1-22-15-28-27-8-7-23-16-26(50)9-10-37(23,2)39(27,41)31(51)19-38(28,3)40(22,56)36(55)44-12-11-43-33(52)29-17-24(20-48(29)5)45-34(53)30-18-25(21-49(30)6)46-35(54)32-42-13-14-47(32)4/h9-10,13-14,16-18,20-22,27-28,31,51,56H,7-8,11-12,15,19H2,1-6H3,(H,43,52)(H,44,55)(H,45,53)(H,46,54)/t22-,27+,28+,31+,37+,38+,39+,40+/m1/s1. The molecule has 3 aromatic rings. The van der Waals surface area contributed by atoms with Crippen LogP contribution in [0, 0.1) is 28.6 Å². The number of aliphatic hydroxyl groups is 2. The summed E-state index contributed by atoms with van der Waals surface area (Å²) in [4.78, 5) is 68.9. The molecule has 0 aliphatic heterocycles. The molecule has 15 nitrogen and oxygen atoms in total. The number of aliphatic hydroxyl groups excluding tert-OH is 1. The molecule has 0 saturated heterocycles. The minimum Gasteiger partial charge on any atom is -0.390 e. The Hall–Kier alpha value is -5.35. The van der Waals surface area contributed by atoms with Gasteiger partial charge in [-0.3, -0.25) is 24.0 Å². The van der Waals surface area contributed by atoms with Crippen LogP contribution in [0.3, 0.4) is 0 Å². The van der Waals surface area contributed by atoms with E-state index in [9.17, 15) is 34.2 Å². The van der Waals surface area contributed by atoms with E-state index in [1.54, 1.807) is 80.3 Å². The number of anilines is 2. The lowest BCUT2D eigenvalue weighted by atomic mass is 9.44.